The summed E-state index contributed by atoms with van der Waals surface area (Å²) in [7, 11) is -3.65. The number of morpholine rings is 1. The van der Waals surface area contributed by atoms with Crippen LogP contribution in [0.1, 0.15) is 30.0 Å². The van der Waals surface area contributed by atoms with E-state index in [1.54, 1.807) is 11.6 Å². The third-order valence-electron chi connectivity index (χ3n) is 5.88. The number of rotatable bonds is 4. The molecule has 0 radical (unpaired) electrons. The summed E-state index contributed by atoms with van der Waals surface area (Å²) >= 11 is 0. The van der Waals surface area contributed by atoms with Crippen molar-refractivity contribution >= 4 is 16.1 Å². The molecule has 0 aliphatic carbocycles. The maximum absolute atomic E-state index is 13.1. The minimum absolute atomic E-state index is 0.160. The van der Waals surface area contributed by atoms with Crippen LogP contribution in [0, 0.1) is 6.92 Å². The SMILES string of the molecule is Cc1cc(=O)c(C(=O)N2CCN(S(=O)(=O)N3CC(C)OC(C)C3)CC2)nn1-c1ccccc1. The smallest absolute Gasteiger partial charge is 0.282 e. The number of benzene rings is 1. The average molecular weight is 476 g/mol. The van der Waals surface area contributed by atoms with Crippen LogP contribution >= 0.6 is 0 Å². The number of aromatic nitrogens is 2. The van der Waals surface area contributed by atoms with Crippen LogP contribution in [0.5, 0.6) is 0 Å². The van der Waals surface area contributed by atoms with Gasteiger partial charge in [-0.25, -0.2) is 4.68 Å². The lowest BCUT2D eigenvalue weighted by Gasteiger charge is -2.40. The highest BCUT2D eigenvalue weighted by Gasteiger charge is 2.37. The topological polar surface area (TPSA) is 105 Å². The lowest BCUT2D eigenvalue weighted by atomic mass is 10.2. The number of amides is 1. The molecule has 2 atom stereocenters. The van der Waals surface area contributed by atoms with Crippen LogP contribution in [0.4, 0.5) is 0 Å². The molecule has 3 heterocycles. The number of para-hydroxylation sites is 1. The zero-order chi connectivity index (χ0) is 23.8. The Morgan fingerprint density at radius 3 is 2.21 bits per heavy atom. The highest BCUT2D eigenvalue weighted by molar-refractivity contribution is 7.86. The Morgan fingerprint density at radius 1 is 1.00 bits per heavy atom. The summed E-state index contributed by atoms with van der Waals surface area (Å²) in [6.07, 6.45) is -0.350. The van der Waals surface area contributed by atoms with Crippen LogP contribution in [-0.2, 0) is 14.9 Å². The van der Waals surface area contributed by atoms with Gasteiger partial charge in [-0.2, -0.15) is 22.1 Å². The fourth-order valence-electron chi connectivity index (χ4n) is 4.28. The molecule has 2 aromatic rings. The Hall–Kier alpha value is -2.60. The van der Waals surface area contributed by atoms with Crippen molar-refractivity contribution in [1.82, 2.24) is 23.3 Å². The zero-order valence-electron chi connectivity index (χ0n) is 19.0. The highest BCUT2D eigenvalue weighted by Crippen LogP contribution is 2.19. The van der Waals surface area contributed by atoms with E-state index in [2.05, 4.69) is 5.10 Å². The van der Waals surface area contributed by atoms with Crippen molar-refractivity contribution in [2.45, 2.75) is 33.0 Å². The molecule has 1 aromatic heterocycles. The molecule has 1 aromatic carbocycles. The second kappa shape index (κ2) is 9.34. The summed E-state index contributed by atoms with van der Waals surface area (Å²) in [5.41, 5.74) is 0.745. The predicted octanol–water partition coefficient (Wildman–Crippen LogP) is 0.653. The lowest BCUT2D eigenvalue weighted by Crippen LogP contribution is -2.58. The van der Waals surface area contributed by atoms with Gasteiger partial charge in [0.15, 0.2) is 5.69 Å². The third kappa shape index (κ3) is 4.86. The third-order valence-corrected chi connectivity index (χ3v) is 7.84. The molecule has 0 bridgehead atoms. The van der Waals surface area contributed by atoms with Crippen molar-refractivity contribution in [2.24, 2.45) is 0 Å². The summed E-state index contributed by atoms with van der Waals surface area (Å²) in [6, 6.07) is 10.7. The molecule has 2 aliphatic rings. The average Bonchev–Trinajstić information content (AvgIpc) is 2.79. The number of hydrogen-bond donors (Lipinski definition) is 0. The number of carbonyl (C=O) groups is 1. The minimum Gasteiger partial charge on any atom is -0.373 e. The second-order valence-electron chi connectivity index (χ2n) is 8.52. The molecule has 11 heteroatoms. The summed E-state index contributed by atoms with van der Waals surface area (Å²) < 4.78 is 36.2. The van der Waals surface area contributed by atoms with Gasteiger partial charge in [0.1, 0.15) is 0 Å². The van der Waals surface area contributed by atoms with Crippen molar-refractivity contribution in [3.05, 3.63) is 58.0 Å². The number of hydrogen-bond acceptors (Lipinski definition) is 6. The van der Waals surface area contributed by atoms with E-state index in [0.717, 1.165) is 5.69 Å². The first-order chi connectivity index (χ1) is 15.7. The molecule has 0 N–H and O–H groups in total. The van der Waals surface area contributed by atoms with Crippen molar-refractivity contribution in [1.29, 1.82) is 0 Å². The number of piperazine rings is 1. The van der Waals surface area contributed by atoms with Crippen LogP contribution in [0.25, 0.3) is 5.69 Å². The van der Waals surface area contributed by atoms with Gasteiger partial charge in [-0.1, -0.05) is 18.2 Å². The van der Waals surface area contributed by atoms with Gasteiger partial charge in [-0.3, -0.25) is 9.59 Å². The van der Waals surface area contributed by atoms with Gasteiger partial charge in [0, 0.05) is 51.0 Å². The van der Waals surface area contributed by atoms with Gasteiger partial charge >= 0.3 is 0 Å². The molecule has 4 rings (SSSR count). The fraction of sp³-hybridized carbons (Fsp3) is 0.500. The summed E-state index contributed by atoms with van der Waals surface area (Å²) in [5.74, 6) is -0.490. The van der Waals surface area contributed by atoms with E-state index in [9.17, 15) is 18.0 Å². The van der Waals surface area contributed by atoms with Gasteiger partial charge in [0.25, 0.3) is 16.1 Å². The van der Waals surface area contributed by atoms with E-state index in [4.69, 9.17) is 4.74 Å². The molecule has 178 valence electrons. The van der Waals surface area contributed by atoms with Gasteiger partial charge in [-0.05, 0) is 32.9 Å². The molecule has 2 saturated heterocycles. The molecule has 2 fully saturated rings. The number of aryl methyl sites for hydroxylation is 1. The van der Waals surface area contributed by atoms with E-state index in [1.165, 1.54) is 19.6 Å². The number of nitrogens with zero attached hydrogens (tertiary/aromatic N) is 5. The molecule has 0 saturated carbocycles. The van der Waals surface area contributed by atoms with E-state index in [-0.39, 0.29) is 44.1 Å². The van der Waals surface area contributed by atoms with Crippen LogP contribution in [0.15, 0.2) is 41.2 Å². The van der Waals surface area contributed by atoms with E-state index >= 15 is 0 Å². The zero-order valence-corrected chi connectivity index (χ0v) is 19.9. The number of carbonyl (C=O) groups excluding carboxylic acids is 1. The largest absolute Gasteiger partial charge is 0.373 e. The second-order valence-corrected chi connectivity index (χ2v) is 10.4. The lowest BCUT2D eigenvalue weighted by molar-refractivity contribution is -0.0457. The van der Waals surface area contributed by atoms with E-state index in [0.29, 0.717) is 18.8 Å². The Morgan fingerprint density at radius 2 is 1.61 bits per heavy atom. The predicted molar refractivity (Wildman–Crippen MR) is 123 cm³/mol. The first-order valence-corrected chi connectivity index (χ1v) is 12.4. The molecular weight excluding hydrogens is 446 g/mol. The minimum atomic E-state index is -3.65. The van der Waals surface area contributed by atoms with Crippen molar-refractivity contribution < 1.29 is 17.9 Å². The van der Waals surface area contributed by atoms with Crippen LogP contribution < -0.4 is 5.43 Å². The van der Waals surface area contributed by atoms with Crippen LogP contribution in [0.2, 0.25) is 0 Å². The molecule has 1 amide bonds. The molecule has 2 unspecified atom stereocenters. The van der Waals surface area contributed by atoms with Gasteiger partial charge in [0.2, 0.25) is 5.43 Å². The number of ether oxygens (including phenoxy) is 1. The maximum atomic E-state index is 13.1. The summed E-state index contributed by atoms with van der Waals surface area (Å²) in [4.78, 5) is 27.2. The monoisotopic (exact) mass is 475 g/mol. The van der Waals surface area contributed by atoms with Gasteiger partial charge in [0.05, 0.1) is 17.9 Å². The Kier molecular flexibility index (Phi) is 6.66. The molecule has 2 aliphatic heterocycles. The highest BCUT2D eigenvalue weighted by atomic mass is 32.2. The summed E-state index contributed by atoms with van der Waals surface area (Å²) in [5, 5.41) is 4.33. The van der Waals surface area contributed by atoms with Crippen LogP contribution in [-0.4, -0.2) is 89.1 Å². The van der Waals surface area contributed by atoms with E-state index < -0.39 is 21.5 Å². The van der Waals surface area contributed by atoms with Gasteiger partial charge in [-0.15, -0.1) is 0 Å². The first-order valence-electron chi connectivity index (χ1n) is 11.0. The standard InChI is InChI=1S/C22H29N5O5S/c1-16-13-20(28)21(23-27(16)19-7-5-4-6-8-19)22(29)24-9-11-25(12-10-24)33(30,31)26-14-17(2)32-18(3)15-26/h4-8,13,17-18H,9-12,14-15H2,1-3H3. The quantitative estimate of drug-likeness (QED) is 0.643. The van der Waals surface area contributed by atoms with Crippen molar-refractivity contribution in [2.75, 3.05) is 39.3 Å². The Bertz CT molecular complexity index is 1170. The molecule has 10 nitrogen and oxygen atoms in total. The fourth-order valence-corrected chi connectivity index (χ4v) is 6.03. The Balaban J connectivity index is 1.48. The Labute approximate surface area is 193 Å². The van der Waals surface area contributed by atoms with Crippen molar-refractivity contribution in [3.8, 4) is 5.69 Å². The summed E-state index contributed by atoms with van der Waals surface area (Å²) in [6.45, 7) is 6.77. The van der Waals surface area contributed by atoms with Crippen molar-refractivity contribution in [3.63, 3.8) is 0 Å². The van der Waals surface area contributed by atoms with Crippen LogP contribution in [0.3, 0.4) is 0 Å². The molecule has 0 spiro atoms. The first kappa shape index (κ1) is 23.6. The molecular formula is C22H29N5O5S. The normalized spacial score (nSPS) is 22.9. The van der Waals surface area contributed by atoms with E-state index in [1.807, 2.05) is 44.2 Å². The van der Waals surface area contributed by atoms with Gasteiger partial charge < -0.3 is 9.64 Å². The maximum Gasteiger partial charge on any atom is 0.282 e. The molecule has 33 heavy (non-hydrogen) atoms.